The number of hydrogen-bond donors (Lipinski definition) is 1. The molecule has 0 unspecified atom stereocenters. The van der Waals surface area contributed by atoms with Gasteiger partial charge in [0.2, 0.25) is 5.95 Å². The van der Waals surface area contributed by atoms with Gasteiger partial charge in [0.15, 0.2) is 5.82 Å². The molecular weight excluding hydrogens is 282 g/mol. The topological polar surface area (TPSA) is 55.6 Å². The van der Waals surface area contributed by atoms with Crippen LogP contribution in [0, 0.1) is 20.8 Å². The number of hydrogen-bond acceptors (Lipinski definition) is 5. The standard InChI is InChI=1S/C15H19N5S/c1-5-6-16-15-18-13(20-8-17-10(3)11(20)4)12-7-9(2)21-14(12)19-15/h7-8H,5-6H2,1-4H3,(H,16,18,19). The lowest BCUT2D eigenvalue weighted by Gasteiger charge is -2.09. The lowest BCUT2D eigenvalue weighted by molar-refractivity contribution is 0.926. The number of rotatable bonds is 4. The molecule has 0 aliphatic rings. The second-order valence-electron chi connectivity index (χ2n) is 5.16. The van der Waals surface area contributed by atoms with Gasteiger partial charge < -0.3 is 5.32 Å². The monoisotopic (exact) mass is 301 g/mol. The molecule has 0 atom stereocenters. The third-order valence-electron chi connectivity index (χ3n) is 3.51. The summed E-state index contributed by atoms with van der Waals surface area (Å²) in [4.78, 5) is 16.0. The molecule has 5 nitrogen and oxygen atoms in total. The van der Waals surface area contributed by atoms with Gasteiger partial charge in [-0.2, -0.15) is 4.98 Å². The Morgan fingerprint density at radius 3 is 2.71 bits per heavy atom. The second kappa shape index (κ2) is 5.44. The second-order valence-corrected chi connectivity index (χ2v) is 6.39. The molecule has 0 radical (unpaired) electrons. The van der Waals surface area contributed by atoms with E-state index in [0.717, 1.165) is 40.4 Å². The minimum Gasteiger partial charge on any atom is -0.354 e. The van der Waals surface area contributed by atoms with Gasteiger partial charge in [0.25, 0.3) is 0 Å². The van der Waals surface area contributed by atoms with Crippen molar-refractivity contribution < 1.29 is 0 Å². The summed E-state index contributed by atoms with van der Waals surface area (Å²) >= 11 is 1.70. The van der Waals surface area contributed by atoms with E-state index in [1.807, 2.05) is 17.8 Å². The van der Waals surface area contributed by atoms with Gasteiger partial charge in [0, 0.05) is 17.1 Å². The molecule has 0 spiro atoms. The Hall–Kier alpha value is -1.95. The van der Waals surface area contributed by atoms with Crippen molar-refractivity contribution in [2.24, 2.45) is 0 Å². The number of aryl methyl sites for hydroxylation is 2. The summed E-state index contributed by atoms with van der Waals surface area (Å²) in [6.07, 6.45) is 2.88. The van der Waals surface area contributed by atoms with Crippen LogP contribution in [0.3, 0.4) is 0 Å². The number of nitrogens with zero attached hydrogens (tertiary/aromatic N) is 4. The highest BCUT2D eigenvalue weighted by Crippen LogP contribution is 2.29. The van der Waals surface area contributed by atoms with Crippen LogP contribution < -0.4 is 5.32 Å². The van der Waals surface area contributed by atoms with Crippen LogP contribution in [0.4, 0.5) is 5.95 Å². The lowest BCUT2D eigenvalue weighted by Crippen LogP contribution is -2.07. The van der Waals surface area contributed by atoms with Gasteiger partial charge in [-0.15, -0.1) is 11.3 Å². The average molecular weight is 301 g/mol. The van der Waals surface area contributed by atoms with Crippen molar-refractivity contribution in [2.75, 3.05) is 11.9 Å². The summed E-state index contributed by atoms with van der Waals surface area (Å²) in [5, 5.41) is 4.37. The van der Waals surface area contributed by atoms with Crippen LogP contribution in [0.5, 0.6) is 0 Å². The van der Waals surface area contributed by atoms with Crippen LogP contribution in [0.25, 0.3) is 16.0 Å². The quantitative estimate of drug-likeness (QED) is 0.799. The average Bonchev–Trinajstić information content (AvgIpc) is 2.99. The minimum absolute atomic E-state index is 0.687. The van der Waals surface area contributed by atoms with Crippen LogP contribution in [-0.2, 0) is 0 Å². The van der Waals surface area contributed by atoms with Crippen molar-refractivity contribution in [3.63, 3.8) is 0 Å². The van der Waals surface area contributed by atoms with Gasteiger partial charge in [0.1, 0.15) is 11.2 Å². The molecular formula is C15H19N5S. The van der Waals surface area contributed by atoms with Crippen molar-refractivity contribution in [2.45, 2.75) is 34.1 Å². The molecule has 0 amide bonds. The van der Waals surface area contributed by atoms with E-state index >= 15 is 0 Å². The van der Waals surface area contributed by atoms with Crippen molar-refractivity contribution in [1.29, 1.82) is 0 Å². The van der Waals surface area contributed by atoms with E-state index in [2.05, 4.69) is 42.1 Å². The van der Waals surface area contributed by atoms with Gasteiger partial charge in [-0.3, -0.25) is 4.57 Å². The van der Waals surface area contributed by atoms with E-state index < -0.39 is 0 Å². The third-order valence-corrected chi connectivity index (χ3v) is 4.45. The highest BCUT2D eigenvalue weighted by molar-refractivity contribution is 7.18. The molecule has 0 fully saturated rings. The van der Waals surface area contributed by atoms with Crippen LogP contribution in [0.1, 0.15) is 29.6 Å². The first-order valence-corrected chi connectivity index (χ1v) is 7.94. The number of imidazole rings is 1. The van der Waals surface area contributed by atoms with Crippen LogP contribution in [0.2, 0.25) is 0 Å². The van der Waals surface area contributed by atoms with Crippen LogP contribution >= 0.6 is 11.3 Å². The fourth-order valence-electron chi connectivity index (χ4n) is 2.24. The fraction of sp³-hybridized carbons (Fsp3) is 0.400. The maximum atomic E-state index is 4.70. The van der Waals surface area contributed by atoms with Gasteiger partial charge in [-0.05, 0) is 33.3 Å². The molecule has 3 heterocycles. The van der Waals surface area contributed by atoms with E-state index in [9.17, 15) is 0 Å². The van der Waals surface area contributed by atoms with Crippen molar-refractivity contribution in [3.8, 4) is 5.82 Å². The summed E-state index contributed by atoms with van der Waals surface area (Å²) in [5.41, 5.74) is 2.14. The summed E-state index contributed by atoms with van der Waals surface area (Å²) in [5.74, 6) is 1.59. The number of aromatic nitrogens is 4. The summed E-state index contributed by atoms with van der Waals surface area (Å²) in [7, 11) is 0. The largest absolute Gasteiger partial charge is 0.354 e. The van der Waals surface area contributed by atoms with E-state index in [1.54, 1.807) is 11.3 Å². The maximum Gasteiger partial charge on any atom is 0.226 e. The molecule has 6 heteroatoms. The first kappa shape index (κ1) is 14.0. The summed E-state index contributed by atoms with van der Waals surface area (Å²) in [6.45, 7) is 9.18. The Morgan fingerprint density at radius 2 is 2.05 bits per heavy atom. The Bertz CT molecular complexity index is 787. The number of nitrogens with one attached hydrogen (secondary N) is 1. The lowest BCUT2D eigenvalue weighted by atomic mass is 10.3. The molecule has 3 rings (SSSR count). The van der Waals surface area contributed by atoms with Gasteiger partial charge >= 0.3 is 0 Å². The number of anilines is 1. The number of thiophene rings is 1. The predicted octanol–water partition coefficient (Wildman–Crippen LogP) is 3.62. The molecule has 110 valence electrons. The Balaban J connectivity index is 2.21. The van der Waals surface area contributed by atoms with Gasteiger partial charge in [-0.25, -0.2) is 9.97 Å². The van der Waals surface area contributed by atoms with Crippen LogP contribution in [0.15, 0.2) is 12.4 Å². The SMILES string of the molecule is CCCNc1nc(-n2cnc(C)c2C)c2cc(C)sc2n1. The Labute approximate surface area is 128 Å². The van der Waals surface area contributed by atoms with Gasteiger partial charge in [0.05, 0.1) is 11.1 Å². The molecule has 0 bridgehead atoms. The van der Waals surface area contributed by atoms with Crippen molar-refractivity contribution in [3.05, 3.63) is 28.7 Å². The molecule has 0 aromatic carbocycles. The first-order chi connectivity index (χ1) is 10.1. The van der Waals surface area contributed by atoms with Crippen molar-refractivity contribution >= 4 is 27.5 Å². The zero-order valence-electron chi connectivity index (χ0n) is 12.8. The summed E-state index contributed by atoms with van der Waals surface area (Å²) in [6, 6.07) is 2.15. The molecule has 0 saturated carbocycles. The number of fused-ring (bicyclic) bond motifs is 1. The van der Waals surface area contributed by atoms with E-state index in [0.29, 0.717) is 5.95 Å². The van der Waals surface area contributed by atoms with Crippen LogP contribution in [-0.4, -0.2) is 26.1 Å². The molecule has 21 heavy (non-hydrogen) atoms. The zero-order chi connectivity index (χ0) is 15.0. The van der Waals surface area contributed by atoms with E-state index in [-0.39, 0.29) is 0 Å². The Kier molecular flexibility index (Phi) is 3.63. The van der Waals surface area contributed by atoms with E-state index in [1.165, 1.54) is 4.88 Å². The van der Waals surface area contributed by atoms with E-state index in [4.69, 9.17) is 4.98 Å². The molecule has 3 aromatic rings. The van der Waals surface area contributed by atoms with Gasteiger partial charge in [-0.1, -0.05) is 6.92 Å². The molecule has 0 aliphatic carbocycles. The highest BCUT2D eigenvalue weighted by Gasteiger charge is 2.14. The summed E-state index contributed by atoms with van der Waals surface area (Å²) < 4.78 is 2.04. The molecule has 1 N–H and O–H groups in total. The normalized spacial score (nSPS) is 11.2. The zero-order valence-corrected chi connectivity index (χ0v) is 13.6. The highest BCUT2D eigenvalue weighted by atomic mass is 32.1. The minimum atomic E-state index is 0.687. The molecule has 3 aromatic heterocycles. The Morgan fingerprint density at radius 1 is 1.24 bits per heavy atom. The molecule has 0 saturated heterocycles. The first-order valence-electron chi connectivity index (χ1n) is 7.13. The molecule has 0 aliphatic heterocycles. The predicted molar refractivity (Wildman–Crippen MR) is 87.5 cm³/mol. The smallest absolute Gasteiger partial charge is 0.226 e. The third kappa shape index (κ3) is 2.51. The van der Waals surface area contributed by atoms with Crippen molar-refractivity contribution in [1.82, 2.24) is 19.5 Å². The maximum absolute atomic E-state index is 4.70. The fourth-order valence-corrected chi connectivity index (χ4v) is 3.11.